The zero-order chi connectivity index (χ0) is 10.4. The van der Waals surface area contributed by atoms with E-state index in [-0.39, 0.29) is 5.75 Å². The van der Waals surface area contributed by atoms with Crippen molar-refractivity contribution in [2.75, 3.05) is 19.0 Å². The van der Waals surface area contributed by atoms with Gasteiger partial charge in [-0.05, 0) is 18.6 Å². The van der Waals surface area contributed by atoms with Crippen molar-refractivity contribution in [3.63, 3.8) is 0 Å². The van der Waals surface area contributed by atoms with E-state index < -0.39 is 0 Å². The summed E-state index contributed by atoms with van der Waals surface area (Å²) in [6.45, 7) is 2.82. The average molecular weight is 195 g/mol. The summed E-state index contributed by atoms with van der Waals surface area (Å²) >= 11 is 0. The third-order valence-electron chi connectivity index (χ3n) is 2.01. The summed E-state index contributed by atoms with van der Waals surface area (Å²) in [4.78, 5) is 0. The number of unbranched alkanes of at least 4 members (excludes halogenated alkanes) is 1. The molecule has 0 aliphatic rings. The Morgan fingerprint density at radius 2 is 2.21 bits per heavy atom. The number of hydrogen-bond acceptors (Lipinski definition) is 3. The van der Waals surface area contributed by atoms with E-state index in [0.717, 1.165) is 18.6 Å². The van der Waals surface area contributed by atoms with Crippen LogP contribution in [0.15, 0.2) is 18.2 Å². The van der Waals surface area contributed by atoms with Gasteiger partial charge in [-0.1, -0.05) is 13.3 Å². The molecule has 0 spiro atoms. The highest BCUT2D eigenvalue weighted by Crippen LogP contribution is 2.27. The normalized spacial score (nSPS) is 9.86. The highest BCUT2D eigenvalue weighted by molar-refractivity contribution is 5.57. The molecule has 0 fully saturated rings. The maximum Gasteiger partial charge on any atom is 0.142 e. The third kappa shape index (κ3) is 2.83. The number of nitrogens with one attached hydrogen (secondary N) is 1. The van der Waals surface area contributed by atoms with E-state index in [1.165, 1.54) is 0 Å². The van der Waals surface area contributed by atoms with Crippen molar-refractivity contribution in [2.45, 2.75) is 19.8 Å². The molecule has 0 unspecified atom stereocenters. The van der Waals surface area contributed by atoms with Gasteiger partial charge in [-0.3, -0.25) is 0 Å². The molecule has 0 aliphatic heterocycles. The monoisotopic (exact) mass is 195 g/mol. The van der Waals surface area contributed by atoms with Gasteiger partial charge >= 0.3 is 0 Å². The lowest BCUT2D eigenvalue weighted by Gasteiger charge is -2.08. The smallest absolute Gasteiger partial charge is 0.142 e. The summed E-state index contributed by atoms with van der Waals surface area (Å²) in [5.41, 5.74) is 0.716. The lowest BCUT2D eigenvalue weighted by atomic mass is 10.2. The van der Waals surface area contributed by atoms with Gasteiger partial charge in [0, 0.05) is 13.1 Å². The van der Waals surface area contributed by atoms with Crippen molar-refractivity contribution < 1.29 is 9.84 Å². The highest BCUT2D eigenvalue weighted by Gasteiger charge is 2.00. The van der Waals surface area contributed by atoms with Crippen molar-refractivity contribution in [3.05, 3.63) is 18.2 Å². The van der Waals surface area contributed by atoms with Crippen molar-refractivity contribution >= 4 is 5.69 Å². The van der Waals surface area contributed by atoms with Crippen LogP contribution in [0.3, 0.4) is 0 Å². The molecule has 0 aliphatic carbocycles. The SMILES string of the molecule is CCCCOc1ccc(NC)c(O)c1. The average Bonchev–Trinajstić information content (AvgIpc) is 2.18. The van der Waals surface area contributed by atoms with Crippen molar-refractivity contribution in [1.82, 2.24) is 0 Å². The highest BCUT2D eigenvalue weighted by atomic mass is 16.5. The molecule has 0 atom stereocenters. The topological polar surface area (TPSA) is 41.5 Å². The Balaban J connectivity index is 2.57. The first-order valence-electron chi connectivity index (χ1n) is 4.91. The molecule has 14 heavy (non-hydrogen) atoms. The molecular weight excluding hydrogens is 178 g/mol. The Bertz CT molecular complexity index is 287. The minimum atomic E-state index is 0.224. The Labute approximate surface area is 84.7 Å². The number of hydrogen-bond donors (Lipinski definition) is 2. The van der Waals surface area contributed by atoms with Crippen LogP contribution in [0.2, 0.25) is 0 Å². The fourth-order valence-electron chi connectivity index (χ4n) is 1.15. The summed E-state index contributed by atoms with van der Waals surface area (Å²) in [5, 5.41) is 12.4. The molecule has 2 N–H and O–H groups in total. The van der Waals surface area contributed by atoms with E-state index in [1.54, 1.807) is 19.2 Å². The van der Waals surface area contributed by atoms with Crippen LogP contribution in [0.5, 0.6) is 11.5 Å². The standard InChI is InChI=1S/C11H17NO2/c1-3-4-7-14-9-5-6-10(12-2)11(13)8-9/h5-6,8,12-13H,3-4,7H2,1-2H3. The Hall–Kier alpha value is -1.38. The van der Waals surface area contributed by atoms with Crippen LogP contribution in [0.4, 0.5) is 5.69 Å². The molecule has 1 rings (SSSR count). The summed E-state index contributed by atoms with van der Waals surface area (Å²) in [7, 11) is 1.77. The van der Waals surface area contributed by atoms with Gasteiger partial charge in [-0.15, -0.1) is 0 Å². The first kappa shape index (κ1) is 10.7. The minimum absolute atomic E-state index is 0.224. The van der Waals surface area contributed by atoms with Gasteiger partial charge in [0.05, 0.1) is 12.3 Å². The number of benzene rings is 1. The van der Waals surface area contributed by atoms with E-state index in [2.05, 4.69) is 12.2 Å². The molecule has 0 aromatic heterocycles. The molecule has 0 amide bonds. The van der Waals surface area contributed by atoms with Crippen LogP contribution in [0.25, 0.3) is 0 Å². The van der Waals surface area contributed by atoms with Gasteiger partial charge < -0.3 is 15.2 Å². The first-order chi connectivity index (χ1) is 6.77. The van der Waals surface area contributed by atoms with Crippen LogP contribution in [0.1, 0.15) is 19.8 Å². The minimum Gasteiger partial charge on any atom is -0.506 e. The van der Waals surface area contributed by atoms with E-state index in [0.29, 0.717) is 12.3 Å². The number of anilines is 1. The van der Waals surface area contributed by atoms with Crippen molar-refractivity contribution in [1.29, 1.82) is 0 Å². The van der Waals surface area contributed by atoms with Crippen molar-refractivity contribution in [2.24, 2.45) is 0 Å². The third-order valence-corrected chi connectivity index (χ3v) is 2.01. The van der Waals surface area contributed by atoms with Gasteiger partial charge in [0.1, 0.15) is 11.5 Å². The second-order valence-corrected chi connectivity index (χ2v) is 3.13. The Morgan fingerprint density at radius 3 is 2.79 bits per heavy atom. The van der Waals surface area contributed by atoms with E-state index in [1.807, 2.05) is 6.07 Å². The molecule has 0 saturated carbocycles. The van der Waals surface area contributed by atoms with Gasteiger partial charge in [0.25, 0.3) is 0 Å². The van der Waals surface area contributed by atoms with Gasteiger partial charge in [0.2, 0.25) is 0 Å². The first-order valence-corrected chi connectivity index (χ1v) is 4.91. The largest absolute Gasteiger partial charge is 0.506 e. The van der Waals surface area contributed by atoms with Crippen LogP contribution in [-0.2, 0) is 0 Å². The molecule has 0 heterocycles. The van der Waals surface area contributed by atoms with Crippen LogP contribution < -0.4 is 10.1 Å². The molecule has 3 nitrogen and oxygen atoms in total. The second-order valence-electron chi connectivity index (χ2n) is 3.13. The molecule has 1 aromatic carbocycles. The number of phenolic OH excluding ortho intramolecular Hbond substituents is 1. The summed E-state index contributed by atoms with van der Waals surface area (Å²) in [6, 6.07) is 5.28. The fourth-order valence-corrected chi connectivity index (χ4v) is 1.15. The van der Waals surface area contributed by atoms with Crippen LogP contribution in [0, 0.1) is 0 Å². The number of aromatic hydroxyl groups is 1. The zero-order valence-corrected chi connectivity index (χ0v) is 8.71. The zero-order valence-electron chi connectivity index (χ0n) is 8.71. The molecule has 3 heteroatoms. The fraction of sp³-hybridized carbons (Fsp3) is 0.455. The van der Waals surface area contributed by atoms with Gasteiger partial charge in [-0.2, -0.15) is 0 Å². The summed E-state index contributed by atoms with van der Waals surface area (Å²) in [5.74, 6) is 0.941. The van der Waals surface area contributed by atoms with Crippen LogP contribution in [-0.4, -0.2) is 18.8 Å². The number of rotatable bonds is 5. The second kappa shape index (κ2) is 5.37. The Morgan fingerprint density at radius 1 is 1.43 bits per heavy atom. The molecule has 1 aromatic rings. The van der Waals surface area contributed by atoms with E-state index in [9.17, 15) is 5.11 Å². The number of ether oxygens (including phenoxy) is 1. The summed E-state index contributed by atoms with van der Waals surface area (Å²) < 4.78 is 5.44. The predicted octanol–water partition coefficient (Wildman–Crippen LogP) is 2.61. The van der Waals surface area contributed by atoms with Crippen LogP contribution >= 0.6 is 0 Å². The molecule has 78 valence electrons. The van der Waals surface area contributed by atoms with E-state index >= 15 is 0 Å². The summed E-state index contributed by atoms with van der Waals surface area (Å²) in [6.07, 6.45) is 2.15. The van der Waals surface area contributed by atoms with Gasteiger partial charge in [-0.25, -0.2) is 0 Å². The lowest BCUT2D eigenvalue weighted by Crippen LogP contribution is -1.96. The van der Waals surface area contributed by atoms with Gasteiger partial charge in [0.15, 0.2) is 0 Å². The molecule has 0 saturated heterocycles. The molecule has 0 bridgehead atoms. The lowest BCUT2D eigenvalue weighted by molar-refractivity contribution is 0.308. The quantitative estimate of drug-likeness (QED) is 0.560. The van der Waals surface area contributed by atoms with Crippen molar-refractivity contribution in [3.8, 4) is 11.5 Å². The van der Waals surface area contributed by atoms with E-state index in [4.69, 9.17) is 4.74 Å². The number of phenols is 1. The predicted molar refractivity (Wildman–Crippen MR) is 58.1 cm³/mol. The maximum absolute atomic E-state index is 9.51. The molecule has 0 radical (unpaired) electrons. The maximum atomic E-state index is 9.51. The molecular formula is C11H17NO2. The Kier molecular flexibility index (Phi) is 4.11.